The first-order valence-electron chi connectivity index (χ1n) is 13.4. The molecule has 232 valence electrons. The van der Waals surface area contributed by atoms with Gasteiger partial charge in [-0.2, -0.15) is 0 Å². The SMILES string of the molecule is Cn1nnnc1C(/C=C/[C@@H](O)C[C@@H](O)CC(=O)O)=C(c1ccc(F)cc1)c1ccc(F)cc1.NCCCC[C@H](N)C(=O)O. The van der Waals surface area contributed by atoms with Crippen LogP contribution in [0, 0.1) is 11.6 Å². The Kier molecular flexibility index (Phi) is 14.2. The number of aromatic nitrogens is 4. The van der Waals surface area contributed by atoms with Crippen LogP contribution in [0.3, 0.4) is 0 Å². The molecule has 0 radical (unpaired) electrons. The van der Waals surface area contributed by atoms with E-state index >= 15 is 0 Å². The van der Waals surface area contributed by atoms with Gasteiger partial charge in [-0.1, -0.05) is 42.8 Å². The van der Waals surface area contributed by atoms with Gasteiger partial charge in [0, 0.05) is 19.0 Å². The lowest BCUT2D eigenvalue weighted by atomic mass is 9.91. The average Bonchev–Trinajstić information content (AvgIpc) is 3.37. The van der Waals surface area contributed by atoms with Gasteiger partial charge in [-0.15, -0.1) is 5.10 Å². The van der Waals surface area contributed by atoms with Gasteiger partial charge in [0.2, 0.25) is 0 Å². The summed E-state index contributed by atoms with van der Waals surface area (Å²) in [6.45, 7) is 0.604. The predicted molar refractivity (Wildman–Crippen MR) is 154 cm³/mol. The van der Waals surface area contributed by atoms with Gasteiger partial charge in [0.05, 0.1) is 18.6 Å². The minimum atomic E-state index is -1.24. The number of nitrogens with two attached hydrogens (primary N) is 2. The molecule has 2 aromatic carbocycles. The minimum Gasteiger partial charge on any atom is -0.481 e. The number of unbranched alkanes of at least 4 members (excludes halogenated alkanes) is 1. The summed E-state index contributed by atoms with van der Waals surface area (Å²) < 4.78 is 28.6. The number of halogens is 2. The Morgan fingerprint density at radius 1 is 0.977 bits per heavy atom. The fraction of sp³-hybridized carbons (Fsp3) is 0.345. The second kappa shape index (κ2) is 17.6. The van der Waals surface area contributed by atoms with E-state index in [2.05, 4.69) is 15.5 Å². The van der Waals surface area contributed by atoms with E-state index in [0.717, 1.165) is 12.8 Å². The Morgan fingerprint density at radius 2 is 1.53 bits per heavy atom. The van der Waals surface area contributed by atoms with Crippen molar-refractivity contribution in [2.75, 3.05) is 6.54 Å². The largest absolute Gasteiger partial charge is 0.481 e. The molecular weight excluding hydrogens is 566 g/mol. The lowest BCUT2D eigenvalue weighted by molar-refractivity contribution is -0.140. The number of allylic oxidation sites excluding steroid dienone is 2. The first-order valence-corrected chi connectivity index (χ1v) is 13.4. The first-order chi connectivity index (χ1) is 20.4. The molecule has 0 saturated carbocycles. The number of carbonyl (C=O) groups is 2. The second-order valence-corrected chi connectivity index (χ2v) is 9.57. The van der Waals surface area contributed by atoms with Crippen molar-refractivity contribution in [2.45, 2.75) is 50.4 Å². The summed E-state index contributed by atoms with van der Waals surface area (Å²) in [7, 11) is 1.61. The quantitative estimate of drug-likeness (QED) is 0.116. The molecule has 3 aromatic rings. The molecule has 1 aromatic heterocycles. The molecule has 8 N–H and O–H groups in total. The Morgan fingerprint density at radius 3 is 1.98 bits per heavy atom. The van der Waals surface area contributed by atoms with Gasteiger partial charge >= 0.3 is 11.9 Å². The monoisotopic (exact) mass is 602 g/mol. The summed E-state index contributed by atoms with van der Waals surface area (Å²) in [5, 5.41) is 48.8. The molecule has 0 aliphatic rings. The zero-order valence-corrected chi connectivity index (χ0v) is 23.6. The van der Waals surface area contributed by atoms with Gasteiger partial charge in [0.25, 0.3) is 0 Å². The molecule has 14 heteroatoms. The summed E-state index contributed by atoms with van der Waals surface area (Å²) in [5.74, 6) is -2.67. The van der Waals surface area contributed by atoms with E-state index in [-0.39, 0.29) is 6.42 Å². The maximum Gasteiger partial charge on any atom is 0.320 e. The molecule has 3 rings (SSSR count). The van der Waals surface area contributed by atoms with E-state index in [1.54, 1.807) is 31.3 Å². The minimum absolute atomic E-state index is 0.199. The molecule has 3 atom stereocenters. The van der Waals surface area contributed by atoms with Crippen molar-refractivity contribution in [1.82, 2.24) is 20.2 Å². The maximum atomic E-state index is 13.6. The number of carboxylic acid groups (broad SMARTS) is 2. The van der Waals surface area contributed by atoms with Gasteiger partial charge in [0.15, 0.2) is 5.82 Å². The number of nitrogens with zero attached hydrogens (tertiary/aromatic N) is 4. The smallest absolute Gasteiger partial charge is 0.320 e. The van der Waals surface area contributed by atoms with Gasteiger partial charge in [-0.25, -0.2) is 13.5 Å². The topological polar surface area (TPSA) is 211 Å². The summed E-state index contributed by atoms with van der Waals surface area (Å²) in [4.78, 5) is 20.9. The molecule has 0 unspecified atom stereocenters. The van der Waals surface area contributed by atoms with Gasteiger partial charge < -0.3 is 31.9 Å². The van der Waals surface area contributed by atoms with Crippen LogP contribution in [0.4, 0.5) is 8.78 Å². The second-order valence-electron chi connectivity index (χ2n) is 9.57. The highest BCUT2D eigenvalue weighted by Crippen LogP contribution is 2.32. The first kappa shape index (κ1) is 34.8. The Labute approximate surface area is 247 Å². The van der Waals surface area contributed by atoms with Crippen LogP contribution in [0.1, 0.15) is 49.1 Å². The highest BCUT2D eigenvalue weighted by molar-refractivity contribution is 6.00. The number of aliphatic hydroxyl groups excluding tert-OH is 2. The van der Waals surface area contributed by atoms with E-state index in [1.165, 1.54) is 41.1 Å². The van der Waals surface area contributed by atoms with Crippen molar-refractivity contribution in [1.29, 1.82) is 0 Å². The number of aryl methyl sites for hydroxylation is 1. The van der Waals surface area contributed by atoms with Crippen LogP contribution in [0.2, 0.25) is 0 Å². The molecular formula is C29H36F2N6O6. The maximum absolute atomic E-state index is 13.6. The van der Waals surface area contributed by atoms with Crippen molar-refractivity contribution < 1.29 is 38.8 Å². The number of rotatable bonds is 14. The molecule has 0 spiro atoms. The van der Waals surface area contributed by atoms with Crippen molar-refractivity contribution in [3.63, 3.8) is 0 Å². The average molecular weight is 603 g/mol. The Hall–Kier alpha value is -4.37. The van der Waals surface area contributed by atoms with Crippen molar-refractivity contribution in [3.05, 3.63) is 89.3 Å². The molecule has 0 amide bonds. The van der Waals surface area contributed by atoms with Crippen LogP contribution in [0.5, 0.6) is 0 Å². The highest BCUT2D eigenvalue weighted by Gasteiger charge is 2.19. The number of aliphatic hydroxyl groups is 2. The number of aliphatic carboxylic acids is 2. The summed E-state index contributed by atoms with van der Waals surface area (Å²) in [6.07, 6.45) is 1.97. The third-order valence-electron chi connectivity index (χ3n) is 6.09. The van der Waals surface area contributed by atoms with Crippen LogP contribution in [-0.4, -0.2) is 77.4 Å². The molecule has 0 fully saturated rings. The Balaban J connectivity index is 0.000000553. The molecule has 0 saturated heterocycles. The van der Waals surface area contributed by atoms with Crippen LogP contribution in [0.15, 0.2) is 60.7 Å². The van der Waals surface area contributed by atoms with E-state index in [4.69, 9.17) is 21.7 Å². The van der Waals surface area contributed by atoms with Crippen LogP contribution in [0.25, 0.3) is 11.1 Å². The van der Waals surface area contributed by atoms with Crippen molar-refractivity contribution in [3.8, 4) is 0 Å². The van der Waals surface area contributed by atoms with E-state index in [9.17, 15) is 28.6 Å². The predicted octanol–water partition coefficient (Wildman–Crippen LogP) is 2.12. The Bertz CT molecular complexity index is 1330. The number of tetrazole rings is 1. The lowest BCUT2D eigenvalue weighted by Crippen LogP contribution is -2.29. The molecule has 1 heterocycles. The van der Waals surface area contributed by atoms with E-state index in [0.29, 0.717) is 41.1 Å². The number of carboxylic acids is 2. The molecule has 0 bridgehead atoms. The number of hydrogen-bond acceptors (Lipinski definition) is 9. The molecule has 43 heavy (non-hydrogen) atoms. The fourth-order valence-electron chi connectivity index (χ4n) is 3.92. The van der Waals surface area contributed by atoms with Crippen molar-refractivity contribution >= 4 is 23.1 Å². The third-order valence-corrected chi connectivity index (χ3v) is 6.09. The normalized spacial score (nSPS) is 13.1. The zero-order valence-electron chi connectivity index (χ0n) is 23.6. The summed E-state index contributed by atoms with van der Waals surface area (Å²) in [6, 6.07) is 10.6. The van der Waals surface area contributed by atoms with Gasteiger partial charge in [-0.3, -0.25) is 9.59 Å². The fourth-order valence-corrected chi connectivity index (χ4v) is 3.92. The van der Waals surface area contributed by atoms with Crippen LogP contribution in [-0.2, 0) is 16.6 Å². The standard InChI is InChI=1S/C23H22F2N4O4.C6H14N2O2/c1-29-23(26-27-28-29)20(11-10-18(30)12-19(31)13-21(32)33)22(14-2-6-16(24)7-3-14)15-4-8-17(25)9-5-15;7-4-2-1-3-5(8)6(9)10/h2-11,18-19,30-31H,12-13H2,1H3,(H,32,33);5H,1-4,7-8H2,(H,9,10)/b11-10+;/t18-,19-;5-/m10/s1. The third kappa shape index (κ3) is 11.8. The van der Waals surface area contributed by atoms with E-state index in [1.807, 2.05) is 0 Å². The summed E-state index contributed by atoms with van der Waals surface area (Å²) >= 11 is 0. The van der Waals surface area contributed by atoms with Crippen LogP contribution < -0.4 is 11.5 Å². The number of benzene rings is 2. The summed E-state index contributed by atoms with van der Waals surface area (Å²) in [5.41, 5.74) is 12.6. The highest BCUT2D eigenvalue weighted by atomic mass is 19.1. The zero-order chi connectivity index (χ0) is 31.9. The molecule has 0 aliphatic carbocycles. The van der Waals surface area contributed by atoms with E-state index < -0.39 is 48.2 Å². The molecule has 12 nitrogen and oxygen atoms in total. The number of hydrogen-bond donors (Lipinski definition) is 6. The lowest BCUT2D eigenvalue weighted by Gasteiger charge is -2.15. The van der Waals surface area contributed by atoms with Gasteiger partial charge in [-0.05, 0) is 70.8 Å². The van der Waals surface area contributed by atoms with Crippen LogP contribution >= 0.6 is 0 Å². The molecule has 0 aliphatic heterocycles. The van der Waals surface area contributed by atoms with Gasteiger partial charge in [0.1, 0.15) is 17.7 Å². The van der Waals surface area contributed by atoms with Crippen molar-refractivity contribution in [2.24, 2.45) is 18.5 Å².